The lowest BCUT2D eigenvalue weighted by Crippen LogP contribution is -2.44. The van der Waals surface area contributed by atoms with Gasteiger partial charge in [-0.1, -0.05) is 6.07 Å². The van der Waals surface area contributed by atoms with Crippen LogP contribution in [0.1, 0.15) is 38.3 Å². The standard InChI is InChI=1S/C19H30FN3O3.HI/c1-5-21-18(22-13-19(25-4)8-10-26-11-9-19)23-14(2)15-6-7-17(24-3)16(20)12-15;/h6-7,12,14H,5,8-11,13H2,1-4H3,(H2,21,22,23);1H. The van der Waals surface area contributed by atoms with Gasteiger partial charge in [-0.05, 0) is 31.5 Å². The number of hydrogen-bond donors (Lipinski definition) is 2. The average molecular weight is 495 g/mol. The van der Waals surface area contributed by atoms with E-state index in [1.165, 1.54) is 13.2 Å². The van der Waals surface area contributed by atoms with Crippen molar-refractivity contribution in [2.75, 3.05) is 40.5 Å². The predicted octanol–water partition coefficient (Wildman–Crippen LogP) is 3.26. The normalized spacial score (nSPS) is 17.6. The van der Waals surface area contributed by atoms with Crippen LogP contribution in [0.5, 0.6) is 5.75 Å². The highest BCUT2D eigenvalue weighted by atomic mass is 127. The molecule has 0 aliphatic carbocycles. The molecule has 0 saturated carbocycles. The molecule has 1 aromatic rings. The van der Waals surface area contributed by atoms with E-state index in [0.29, 0.717) is 25.7 Å². The summed E-state index contributed by atoms with van der Waals surface area (Å²) in [5.74, 6) is 0.545. The Hall–Kier alpha value is -1.13. The van der Waals surface area contributed by atoms with Crippen LogP contribution >= 0.6 is 24.0 Å². The summed E-state index contributed by atoms with van der Waals surface area (Å²) >= 11 is 0. The minimum absolute atomic E-state index is 0. The number of nitrogens with zero attached hydrogens (tertiary/aromatic N) is 1. The Kier molecular flexibility index (Phi) is 10.3. The van der Waals surface area contributed by atoms with Gasteiger partial charge < -0.3 is 24.8 Å². The monoisotopic (exact) mass is 495 g/mol. The molecule has 1 aliphatic heterocycles. The second-order valence-electron chi connectivity index (χ2n) is 6.45. The molecule has 2 N–H and O–H groups in total. The van der Waals surface area contributed by atoms with Gasteiger partial charge in [-0.25, -0.2) is 4.39 Å². The molecule has 2 rings (SSSR count). The lowest BCUT2D eigenvalue weighted by Gasteiger charge is -2.34. The van der Waals surface area contributed by atoms with Gasteiger partial charge in [-0.3, -0.25) is 4.99 Å². The molecule has 1 fully saturated rings. The highest BCUT2D eigenvalue weighted by molar-refractivity contribution is 14.0. The number of nitrogens with one attached hydrogen (secondary N) is 2. The molecule has 8 heteroatoms. The van der Waals surface area contributed by atoms with Crippen molar-refractivity contribution in [3.8, 4) is 5.75 Å². The van der Waals surface area contributed by atoms with Crippen LogP contribution in [0.2, 0.25) is 0 Å². The molecule has 6 nitrogen and oxygen atoms in total. The van der Waals surface area contributed by atoms with Gasteiger partial charge in [0.1, 0.15) is 0 Å². The molecule has 0 bridgehead atoms. The van der Waals surface area contributed by atoms with Gasteiger partial charge in [-0.2, -0.15) is 0 Å². The smallest absolute Gasteiger partial charge is 0.191 e. The highest BCUT2D eigenvalue weighted by Gasteiger charge is 2.32. The fourth-order valence-corrected chi connectivity index (χ4v) is 2.95. The van der Waals surface area contributed by atoms with E-state index in [1.54, 1.807) is 13.2 Å². The van der Waals surface area contributed by atoms with Crippen LogP contribution in [0.25, 0.3) is 0 Å². The van der Waals surface area contributed by atoms with Gasteiger partial charge in [-0.15, -0.1) is 24.0 Å². The molecule has 0 amide bonds. The van der Waals surface area contributed by atoms with Crippen molar-refractivity contribution in [1.82, 2.24) is 10.6 Å². The fraction of sp³-hybridized carbons (Fsp3) is 0.632. The second kappa shape index (κ2) is 11.7. The first-order chi connectivity index (χ1) is 12.5. The van der Waals surface area contributed by atoms with Crippen molar-refractivity contribution < 1.29 is 18.6 Å². The summed E-state index contributed by atoms with van der Waals surface area (Å²) < 4.78 is 30.1. The predicted molar refractivity (Wildman–Crippen MR) is 116 cm³/mol. The van der Waals surface area contributed by atoms with E-state index in [0.717, 1.165) is 24.9 Å². The summed E-state index contributed by atoms with van der Waals surface area (Å²) in [4.78, 5) is 4.70. The summed E-state index contributed by atoms with van der Waals surface area (Å²) in [7, 11) is 3.18. The summed E-state index contributed by atoms with van der Waals surface area (Å²) in [6, 6.07) is 4.85. The maximum atomic E-state index is 14.0. The third kappa shape index (κ3) is 6.76. The average Bonchev–Trinajstić information content (AvgIpc) is 2.67. The highest BCUT2D eigenvalue weighted by Crippen LogP contribution is 2.25. The zero-order chi connectivity index (χ0) is 19.0. The fourth-order valence-electron chi connectivity index (χ4n) is 2.95. The quantitative estimate of drug-likeness (QED) is 0.346. The Morgan fingerprint density at radius 3 is 2.59 bits per heavy atom. The Morgan fingerprint density at radius 1 is 1.33 bits per heavy atom. The van der Waals surface area contributed by atoms with Gasteiger partial charge in [0.2, 0.25) is 0 Å². The largest absolute Gasteiger partial charge is 0.494 e. The number of methoxy groups -OCH3 is 2. The van der Waals surface area contributed by atoms with Crippen molar-refractivity contribution in [2.45, 2.75) is 38.3 Å². The van der Waals surface area contributed by atoms with Gasteiger partial charge in [0.05, 0.1) is 25.3 Å². The number of ether oxygens (including phenoxy) is 3. The van der Waals surface area contributed by atoms with Crippen molar-refractivity contribution in [3.63, 3.8) is 0 Å². The van der Waals surface area contributed by atoms with E-state index in [9.17, 15) is 4.39 Å². The third-order valence-electron chi connectivity index (χ3n) is 4.74. The molecule has 1 heterocycles. The first kappa shape index (κ1) is 23.9. The molecule has 154 valence electrons. The number of benzene rings is 1. The van der Waals surface area contributed by atoms with E-state index in [4.69, 9.17) is 19.2 Å². The summed E-state index contributed by atoms with van der Waals surface area (Å²) in [6.45, 7) is 6.64. The van der Waals surface area contributed by atoms with E-state index < -0.39 is 0 Å². The van der Waals surface area contributed by atoms with E-state index in [-0.39, 0.29) is 47.2 Å². The molecule has 1 unspecified atom stereocenters. The van der Waals surface area contributed by atoms with Crippen LogP contribution < -0.4 is 15.4 Å². The SMILES string of the molecule is CCNC(=NCC1(OC)CCOCC1)NC(C)c1ccc(OC)c(F)c1.I. The number of hydrogen-bond acceptors (Lipinski definition) is 4. The maximum Gasteiger partial charge on any atom is 0.191 e. The third-order valence-corrected chi connectivity index (χ3v) is 4.74. The van der Waals surface area contributed by atoms with Crippen LogP contribution in [0.3, 0.4) is 0 Å². The first-order valence-corrected chi connectivity index (χ1v) is 9.04. The molecular weight excluding hydrogens is 464 g/mol. The van der Waals surface area contributed by atoms with Crippen LogP contribution in [0, 0.1) is 5.82 Å². The van der Waals surface area contributed by atoms with Crippen molar-refractivity contribution >= 4 is 29.9 Å². The molecule has 1 aromatic carbocycles. The summed E-state index contributed by atoms with van der Waals surface area (Å²) in [5, 5.41) is 6.56. The second-order valence-corrected chi connectivity index (χ2v) is 6.45. The Bertz CT molecular complexity index is 610. The molecule has 27 heavy (non-hydrogen) atoms. The molecular formula is C19H31FIN3O3. The zero-order valence-electron chi connectivity index (χ0n) is 16.5. The summed E-state index contributed by atoms with van der Waals surface area (Å²) in [5.41, 5.74) is 0.539. The van der Waals surface area contributed by atoms with Crippen molar-refractivity contribution in [3.05, 3.63) is 29.6 Å². The Labute approximate surface area is 178 Å². The number of guanidine groups is 1. The topological polar surface area (TPSA) is 64.1 Å². The Balaban J connectivity index is 0.00000364. The molecule has 0 radical (unpaired) electrons. The van der Waals surface area contributed by atoms with Crippen LogP contribution in [0.15, 0.2) is 23.2 Å². The molecule has 0 spiro atoms. The van der Waals surface area contributed by atoms with E-state index in [1.807, 2.05) is 19.9 Å². The lowest BCUT2D eigenvalue weighted by atomic mass is 9.94. The van der Waals surface area contributed by atoms with Gasteiger partial charge in [0.25, 0.3) is 0 Å². The number of rotatable bonds is 7. The number of halogens is 2. The zero-order valence-corrected chi connectivity index (χ0v) is 18.8. The lowest BCUT2D eigenvalue weighted by molar-refractivity contribution is -0.0828. The van der Waals surface area contributed by atoms with Gasteiger partial charge in [0, 0.05) is 39.7 Å². The molecule has 0 aromatic heterocycles. The Morgan fingerprint density at radius 2 is 2.04 bits per heavy atom. The van der Waals surface area contributed by atoms with Crippen LogP contribution in [-0.2, 0) is 9.47 Å². The van der Waals surface area contributed by atoms with Crippen LogP contribution in [-0.4, -0.2) is 52.1 Å². The van der Waals surface area contributed by atoms with Crippen LogP contribution in [0.4, 0.5) is 4.39 Å². The van der Waals surface area contributed by atoms with Crippen molar-refractivity contribution in [2.24, 2.45) is 4.99 Å². The van der Waals surface area contributed by atoms with Gasteiger partial charge in [0.15, 0.2) is 17.5 Å². The molecule has 1 saturated heterocycles. The van der Waals surface area contributed by atoms with E-state index in [2.05, 4.69) is 10.6 Å². The number of aliphatic imine (C=N–C) groups is 1. The first-order valence-electron chi connectivity index (χ1n) is 9.04. The minimum Gasteiger partial charge on any atom is -0.494 e. The minimum atomic E-state index is -0.374. The van der Waals surface area contributed by atoms with E-state index >= 15 is 0 Å². The van der Waals surface area contributed by atoms with Crippen molar-refractivity contribution in [1.29, 1.82) is 0 Å². The summed E-state index contributed by atoms with van der Waals surface area (Å²) in [6.07, 6.45) is 1.65. The molecule has 1 aliphatic rings. The molecule has 1 atom stereocenters. The maximum absolute atomic E-state index is 14.0. The van der Waals surface area contributed by atoms with Gasteiger partial charge >= 0.3 is 0 Å².